The summed E-state index contributed by atoms with van der Waals surface area (Å²) in [7, 11) is 0. The van der Waals surface area contributed by atoms with Gasteiger partial charge in [-0.2, -0.15) is 0 Å². The second kappa shape index (κ2) is 6.11. The van der Waals surface area contributed by atoms with Gasteiger partial charge in [0.05, 0.1) is 5.69 Å². The number of aromatic nitrogens is 2. The summed E-state index contributed by atoms with van der Waals surface area (Å²) < 4.78 is 0. The van der Waals surface area contributed by atoms with Gasteiger partial charge in [0.15, 0.2) is 0 Å². The maximum atomic E-state index is 4.34. The van der Waals surface area contributed by atoms with E-state index in [1.807, 2.05) is 36.7 Å². The van der Waals surface area contributed by atoms with Crippen molar-refractivity contribution in [2.75, 3.05) is 6.54 Å². The minimum atomic E-state index is 0.819. The third kappa shape index (κ3) is 3.64. The Hall–Kier alpha value is -1.74. The lowest BCUT2D eigenvalue weighted by molar-refractivity contribution is 0.666. The average molecular weight is 227 g/mol. The van der Waals surface area contributed by atoms with Crippen molar-refractivity contribution in [3.05, 3.63) is 59.7 Å². The summed E-state index contributed by atoms with van der Waals surface area (Å²) in [4.78, 5) is 8.63. The van der Waals surface area contributed by atoms with E-state index in [1.165, 1.54) is 5.56 Å². The van der Waals surface area contributed by atoms with Gasteiger partial charge in [-0.1, -0.05) is 12.1 Å². The number of pyridine rings is 2. The molecule has 2 aromatic heterocycles. The molecule has 0 spiro atoms. The van der Waals surface area contributed by atoms with Gasteiger partial charge in [-0.15, -0.1) is 0 Å². The van der Waals surface area contributed by atoms with Crippen LogP contribution in [0.15, 0.2) is 42.7 Å². The second-order valence-corrected chi connectivity index (χ2v) is 4.01. The number of aryl methyl sites for hydroxylation is 1. The summed E-state index contributed by atoms with van der Waals surface area (Å²) >= 11 is 0. The quantitative estimate of drug-likeness (QED) is 0.795. The van der Waals surface area contributed by atoms with Crippen molar-refractivity contribution in [1.82, 2.24) is 15.3 Å². The minimum Gasteiger partial charge on any atom is -0.311 e. The smallest absolute Gasteiger partial charge is 0.0570 e. The first-order chi connectivity index (χ1) is 8.36. The topological polar surface area (TPSA) is 37.8 Å². The molecule has 0 aliphatic heterocycles. The molecule has 2 heterocycles. The molecular weight excluding hydrogens is 210 g/mol. The molecule has 88 valence electrons. The van der Waals surface area contributed by atoms with E-state index in [0.29, 0.717) is 0 Å². The predicted octanol–water partition coefficient (Wildman–Crippen LogP) is 2.12. The van der Waals surface area contributed by atoms with Crippen molar-refractivity contribution in [1.29, 1.82) is 0 Å². The molecule has 0 aliphatic rings. The maximum absolute atomic E-state index is 4.34. The molecule has 0 aliphatic carbocycles. The summed E-state index contributed by atoms with van der Waals surface area (Å²) in [5, 5.41) is 3.39. The van der Waals surface area contributed by atoms with Crippen LogP contribution in [0.5, 0.6) is 0 Å². The highest BCUT2D eigenvalue weighted by atomic mass is 14.9. The molecule has 0 unspecified atom stereocenters. The van der Waals surface area contributed by atoms with Crippen LogP contribution < -0.4 is 5.32 Å². The first kappa shape index (κ1) is 11.7. The van der Waals surface area contributed by atoms with Crippen molar-refractivity contribution in [2.24, 2.45) is 0 Å². The maximum Gasteiger partial charge on any atom is 0.0570 e. The number of rotatable bonds is 5. The van der Waals surface area contributed by atoms with E-state index in [1.54, 1.807) is 0 Å². The van der Waals surface area contributed by atoms with Crippen molar-refractivity contribution < 1.29 is 0 Å². The lowest BCUT2D eigenvalue weighted by Crippen LogP contribution is -2.18. The summed E-state index contributed by atoms with van der Waals surface area (Å²) in [5.74, 6) is 0. The first-order valence-corrected chi connectivity index (χ1v) is 5.87. The third-order valence-electron chi connectivity index (χ3n) is 2.69. The molecule has 0 bridgehead atoms. The minimum absolute atomic E-state index is 0.819. The molecule has 3 nitrogen and oxygen atoms in total. The van der Waals surface area contributed by atoms with Crippen LogP contribution in [-0.2, 0) is 13.0 Å². The molecule has 0 aromatic carbocycles. The molecule has 0 fully saturated rings. The van der Waals surface area contributed by atoms with Gasteiger partial charge in [0, 0.05) is 37.6 Å². The van der Waals surface area contributed by atoms with Crippen molar-refractivity contribution >= 4 is 0 Å². The molecule has 2 aromatic rings. The molecular formula is C14H17N3. The van der Waals surface area contributed by atoms with Gasteiger partial charge in [-0.3, -0.25) is 9.97 Å². The zero-order valence-electron chi connectivity index (χ0n) is 10.1. The average Bonchev–Trinajstić information content (AvgIpc) is 2.38. The highest BCUT2D eigenvalue weighted by Crippen LogP contribution is 2.02. The van der Waals surface area contributed by atoms with Gasteiger partial charge in [-0.25, -0.2) is 0 Å². The summed E-state index contributed by atoms with van der Waals surface area (Å²) in [6.45, 7) is 3.83. The van der Waals surface area contributed by atoms with Crippen LogP contribution in [0.4, 0.5) is 0 Å². The van der Waals surface area contributed by atoms with Crippen molar-refractivity contribution in [3.8, 4) is 0 Å². The summed E-state index contributed by atoms with van der Waals surface area (Å²) in [6, 6.07) is 10.1. The van der Waals surface area contributed by atoms with Crippen molar-refractivity contribution in [3.63, 3.8) is 0 Å². The Kier molecular flexibility index (Phi) is 4.22. The first-order valence-electron chi connectivity index (χ1n) is 5.87. The SMILES string of the molecule is Cc1cccnc1CNCCc1ccccn1. The van der Waals surface area contributed by atoms with Crippen LogP contribution in [-0.4, -0.2) is 16.5 Å². The molecule has 0 saturated carbocycles. The molecule has 0 amide bonds. The summed E-state index contributed by atoms with van der Waals surface area (Å²) in [6.07, 6.45) is 4.62. The lowest BCUT2D eigenvalue weighted by Gasteiger charge is -2.06. The molecule has 0 atom stereocenters. The lowest BCUT2D eigenvalue weighted by atomic mass is 10.2. The van der Waals surface area contributed by atoms with Gasteiger partial charge < -0.3 is 5.32 Å². The van der Waals surface area contributed by atoms with Gasteiger partial charge in [-0.05, 0) is 30.7 Å². The van der Waals surface area contributed by atoms with Crippen LogP contribution in [0.1, 0.15) is 17.0 Å². The van der Waals surface area contributed by atoms with Crippen molar-refractivity contribution in [2.45, 2.75) is 19.9 Å². The normalized spacial score (nSPS) is 10.4. The van der Waals surface area contributed by atoms with Crippen LogP contribution in [0, 0.1) is 6.92 Å². The van der Waals surface area contributed by atoms with Crippen LogP contribution in [0.3, 0.4) is 0 Å². The number of nitrogens with one attached hydrogen (secondary N) is 1. The van der Waals surface area contributed by atoms with E-state index in [4.69, 9.17) is 0 Å². The van der Waals surface area contributed by atoms with Gasteiger partial charge >= 0.3 is 0 Å². The second-order valence-electron chi connectivity index (χ2n) is 4.01. The highest BCUT2D eigenvalue weighted by Gasteiger charge is 1.98. The van der Waals surface area contributed by atoms with Crippen LogP contribution in [0.25, 0.3) is 0 Å². The van der Waals surface area contributed by atoms with Crippen LogP contribution in [0.2, 0.25) is 0 Å². The summed E-state index contributed by atoms with van der Waals surface area (Å²) in [5.41, 5.74) is 3.48. The standard InChI is InChI=1S/C14H17N3/c1-12-5-4-9-17-14(12)11-15-10-7-13-6-2-3-8-16-13/h2-6,8-9,15H,7,10-11H2,1H3. The van der Waals surface area contributed by atoms with E-state index in [0.717, 1.165) is 30.9 Å². The molecule has 3 heteroatoms. The van der Waals surface area contributed by atoms with E-state index in [9.17, 15) is 0 Å². The molecule has 0 radical (unpaired) electrons. The van der Waals surface area contributed by atoms with E-state index in [2.05, 4.69) is 28.3 Å². The van der Waals surface area contributed by atoms with E-state index >= 15 is 0 Å². The fourth-order valence-electron chi connectivity index (χ4n) is 1.67. The Balaban J connectivity index is 1.76. The Morgan fingerprint density at radius 1 is 1.06 bits per heavy atom. The molecule has 17 heavy (non-hydrogen) atoms. The Labute approximate surface area is 102 Å². The predicted molar refractivity (Wildman–Crippen MR) is 68.6 cm³/mol. The van der Waals surface area contributed by atoms with Crippen LogP contribution >= 0.6 is 0 Å². The molecule has 1 N–H and O–H groups in total. The molecule has 0 saturated heterocycles. The third-order valence-corrected chi connectivity index (χ3v) is 2.69. The van der Waals surface area contributed by atoms with E-state index in [-0.39, 0.29) is 0 Å². The van der Waals surface area contributed by atoms with Gasteiger partial charge in [0.25, 0.3) is 0 Å². The number of hydrogen-bond donors (Lipinski definition) is 1. The zero-order chi connectivity index (χ0) is 11.9. The van der Waals surface area contributed by atoms with Gasteiger partial charge in [0.2, 0.25) is 0 Å². The zero-order valence-corrected chi connectivity index (χ0v) is 10.1. The molecule has 2 rings (SSSR count). The number of nitrogens with zero attached hydrogens (tertiary/aromatic N) is 2. The Bertz CT molecular complexity index is 454. The highest BCUT2D eigenvalue weighted by molar-refractivity contribution is 5.17. The van der Waals surface area contributed by atoms with Gasteiger partial charge in [0.1, 0.15) is 0 Å². The monoisotopic (exact) mass is 227 g/mol. The fraction of sp³-hybridized carbons (Fsp3) is 0.286. The fourth-order valence-corrected chi connectivity index (χ4v) is 1.67. The largest absolute Gasteiger partial charge is 0.311 e. The number of hydrogen-bond acceptors (Lipinski definition) is 3. The Morgan fingerprint density at radius 3 is 2.71 bits per heavy atom. The van der Waals surface area contributed by atoms with E-state index < -0.39 is 0 Å². The Morgan fingerprint density at radius 2 is 1.94 bits per heavy atom.